The Morgan fingerprint density at radius 2 is 2.12 bits per heavy atom. The number of ether oxygens (including phenoxy) is 1. The van der Waals surface area contributed by atoms with Crippen molar-refractivity contribution in [3.05, 3.63) is 34.9 Å². The predicted molar refractivity (Wildman–Crippen MR) is 68.1 cm³/mol. The molecular formula is C13H20N2O2. The Kier molecular flexibility index (Phi) is 5.12. The van der Waals surface area contributed by atoms with E-state index < -0.39 is 0 Å². The van der Waals surface area contributed by atoms with Gasteiger partial charge < -0.3 is 15.8 Å². The number of amides is 1. The summed E-state index contributed by atoms with van der Waals surface area (Å²) in [6.45, 7) is 4.80. The van der Waals surface area contributed by atoms with Gasteiger partial charge in [0.2, 0.25) is 0 Å². The zero-order valence-electron chi connectivity index (χ0n) is 10.6. The molecule has 4 heteroatoms. The van der Waals surface area contributed by atoms with Crippen LogP contribution in [0.3, 0.4) is 0 Å². The van der Waals surface area contributed by atoms with Crippen LogP contribution in [0.25, 0.3) is 0 Å². The molecule has 1 aromatic rings. The summed E-state index contributed by atoms with van der Waals surface area (Å²) in [5.74, 6) is -0.111. The molecule has 1 rings (SSSR count). The average Bonchev–Trinajstić information content (AvgIpc) is 2.31. The van der Waals surface area contributed by atoms with E-state index in [0.29, 0.717) is 18.7 Å². The van der Waals surface area contributed by atoms with Gasteiger partial charge in [-0.3, -0.25) is 4.79 Å². The lowest BCUT2D eigenvalue weighted by atomic mass is 10.1. The molecule has 1 atom stereocenters. The smallest absolute Gasteiger partial charge is 0.251 e. The highest BCUT2D eigenvalue weighted by molar-refractivity contribution is 5.94. The first-order valence-corrected chi connectivity index (χ1v) is 5.65. The van der Waals surface area contributed by atoms with Crippen LogP contribution in [0.2, 0.25) is 0 Å². The van der Waals surface area contributed by atoms with Crippen LogP contribution in [0.1, 0.15) is 21.5 Å². The van der Waals surface area contributed by atoms with Gasteiger partial charge in [0.15, 0.2) is 0 Å². The Morgan fingerprint density at radius 1 is 1.41 bits per heavy atom. The van der Waals surface area contributed by atoms with E-state index in [1.165, 1.54) is 5.56 Å². The van der Waals surface area contributed by atoms with E-state index in [1.54, 1.807) is 7.11 Å². The first-order chi connectivity index (χ1) is 8.08. The number of nitrogens with two attached hydrogens (primary N) is 1. The van der Waals surface area contributed by atoms with Crippen molar-refractivity contribution in [3.63, 3.8) is 0 Å². The molecule has 0 saturated carbocycles. The van der Waals surface area contributed by atoms with E-state index in [0.717, 1.165) is 5.56 Å². The summed E-state index contributed by atoms with van der Waals surface area (Å²) < 4.78 is 4.98. The molecule has 0 aliphatic rings. The Morgan fingerprint density at radius 3 is 2.65 bits per heavy atom. The molecule has 1 amide bonds. The first-order valence-electron chi connectivity index (χ1n) is 5.65. The minimum absolute atomic E-state index is 0.111. The first kappa shape index (κ1) is 13.7. The number of hydrogen-bond donors (Lipinski definition) is 2. The second-order valence-electron chi connectivity index (χ2n) is 4.16. The van der Waals surface area contributed by atoms with E-state index in [-0.39, 0.29) is 11.9 Å². The number of hydrogen-bond acceptors (Lipinski definition) is 3. The van der Waals surface area contributed by atoms with Gasteiger partial charge >= 0.3 is 0 Å². The third kappa shape index (κ3) is 3.84. The van der Waals surface area contributed by atoms with Crippen molar-refractivity contribution >= 4 is 5.91 Å². The molecule has 94 valence electrons. The minimum Gasteiger partial charge on any atom is -0.383 e. The summed E-state index contributed by atoms with van der Waals surface area (Å²) in [4.78, 5) is 11.9. The van der Waals surface area contributed by atoms with Crippen LogP contribution in [0, 0.1) is 13.8 Å². The molecule has 0 aliphatic carbocycles. The van der Waals surface area contributed by atoms with Gasteiger partial charge in [0.25, 0.3) is 5.91 Å². The molecule has 0 saturated heterocycles. The van der Waals surface area contributed by atoms with E-state index in [4.69, 9.17) is 10.5 Å². The number of rotatable bonds is 5. The van der Waals surface area contributed by atoms with Gasteiger partial charge in [-0.1, -0.05) is 6.07 Å². The minimum atomic E-state index is -0.144. The molecule has 0 aliphatic heterocycles. The number of aryl methyl sites for hydroxylation is 2. The van der Waals surface area contributed by atoms with Gasteiger partial charge in [0.05, 0.1) is 12.6 Å². The highest BCUT2D eigenvalue weighted by atomic mass is 16.5. The zero-order chi connectivity index (χ0) is 12.8. The van der Waals surface area contributed by atoms with Gasteiger partial charge in [-0.25, -0.2) is 0 Å². The van der Waals surface area contributed by atoms with Crippen molar-refractivity contribution in [2.75, 3.05) is 20.3 Å². The summed E-state index contributed by atoms with van der Waals surface area (Å²) in [6, 6.07) is 5.50. The number of nitrogens with one attached hydrogen (secondary N) is 1. The summed E-state index contributed by atoms with van der Waals surface area (Å²) in [7, 11) is 1.59. The highest BCUT2D eigenvalue weighted by Gasteiger charge is 2.12. The quantitative estimate of drug-likeness (QED) is 0.802. The lowest BCUT2D eigenvalue weighted by molar-refractivity contribution is 0.0900. The van der Waals surface area contributed by atoms with E-state index >= 15 is 0 Å². The van der Waals surface area contributed by atoms with Crippen molar-refractivity contribution in [3.8, 4) is 0 Å². The van der Waals surface area contributed by atoms with Gasteiger partial charge in [-0.15, -0.1) is 0 Å². The molecule has 0 radical (unpaired) electrons. The fraction of sp³-hybridized carbons (Fsp3) is 0.462. The molecule has 4 nitrogen and oxygen atoms in total. The van der Waals surface area contributed by atoms with Crippen LogP contribution >= 0.6 is 0 Å². The largest absolute Gasteiger partial charge is 0.383 e. The molecule has 0 bridgehead atoms. The topological polar surface area (TPSA) is 64.3 Å². The normalized spacial score (nSPS) is 12.2. The van der Waals surface area contributed by atoms with Gasteiger partial charge in [0, 0.05) is 19.2 Å². The number of carbonyl (C=O) groups excluding carboxylic acids is 1. The van der Waals surface area contributed by atoms with Crippen molar-refractivity contribution in [2.45, 2.75) is 19.9 Å². The Balaban J connectivity index is 2.72. The monoisotopic (exact) mass is 236 g/mol. The van der Waals surface area contributed by atoms with Crippen molar-refractivity contribution in [1.82, 2.24) is 5.32 Å². The van der Waals surface area contributed by atoms with Crippen LogP contribution in [0.15, 0.2) is 18.2 Å². The third-order valence-electron chi connectivity index (χ3n) is 2.76. The molecule has 1 unspecified atom stereocenters. The Hall–Kier alpha value is -1.39. The van der Waals surface area contributed by atoms with Gasteiger partial charge in [-0.2, -0.15) is 0 Å². The summed E-state index contributed by atoms with van der Waals surface area (Å²) in [5.41, 5.74) is 8.48. The maximum Gasteiger partial charge on any atom is 0.251 e. The van der Waals surface area contributed by atoms with Crippen LogP contribution in [-0.4, -0.2) is 32.2 Å². The molecule has 0 spiro atoms. The molecule has 0 aromatic heterocycles. The lowest BCUT2D eigenvalue weighted by Crippen LogP contribution is -2.43. The van der Waals surface area contributed by atoms with Gasteiger partial charge in [-0.05, 0) is 37.1 Å². The van der Waals surface area contributed by atoms with Crippen LogP contribution in [0.5, 0.6) is 0 Å². The van der Waals surface area contributed by atoms with Gasteiger partial charge in [0.1, 0.15) is 0 Å². The molecule has 3 N–H and O–H groups in total. The number of carbonyl (C=O) groups is 1. The SMILES string of the molecule is COCC(CN)NC(=O)c1ccc(C)c(C)c1. The second kappa shape index (κ2) is 6.37. The van der Waals surface area contributed by atoms with Crippen LogP contribution in [0.4, 0.5) is 0 Å². The second-order valence-corrected chi connectivity index (χ2v) is 4.16. The van der Waals surface area contributed by atoms with E-state index in [2.05, 4.69) is 5.32 Å². The molecule has 17 heavy (non-hydrogen) atoms. The fourth-order valence-electron chi connectivity index (χ4n) is 1.52. The van der Waals surface area contributed by atoms with Crippen LogP contribution < -0.4 is 11.1 Å². The Bertz CT molecular complexity index is 391. The van der Waals surface area contributed by atoms with Crippen molar-refractivity contribution < 1.29 is 9.53 Å². The lowest BCUT2D eigenvalue weighted by Gasteiger charge is -2.16. The summed E-state index contributed by atoms with van der Waals surface area (Å²) >= 11 is 0. The zero-order valence-corrected chi connectivity index (χ0v) is 10.6. The average molecular weight is 236 g/mol. The summed E-state index contributed by atoms with van der Waals surface area (Å²) in [5, 5.41) is 2.84. The van der Waals surface area contributed by atoms with E-state index in [9.17, 15) is 4.79 Å². The molecule has 0 heterocycles. The van der Waals surface area contributed by atoms with Crippen LogP contribution in [-0.2, 0) is 4.74 Å². The number of benzene rings is 1. The highest BCUT2D eigenvalue weighted by Crippen LogP contribution is 2.09. The molecule has 0 fully saturated rings. The molecule has 1 aromatic carbocycles. The predicted octanol–water partition coefficient (Wildman–Crippen LogP) is 1.01. The maximum absolute atomic E-state index is 11.9. The van der Waals surface area contributed by atoms with Crippen molar-refractivity contribution in [2.24, 2.45) is 5.73 Å². The van der Waals surface area contributed by atoms with Crippen molar-refractivity contribution in [1.29, 1.82) is 0 Å². The standard InChI is InChI=1S/C13H20N2O2/c1-9-4-5-11(6-10(9)2)13(16)15-12(7-14)8-17-3/h4-6,12H,7-8,14H2,1-3H3,(H,15,16). The number of methoxy groups -OCH3 is 1. The summed E-state index contributed by atoms with van der Waals surface area (Å²) in [6.07, 6.45) is 0. The van der Waals surface area contributed by atoms with E-state index in [1.807, 2.05) is 32.0 Å². The third-order valence-corrected chi connectivity index (χ3v) is 2.76. The Labute approximate surface area is 102 Å². The molecular weight excluding hydrogens is 216 g/mol. The maximum atomic E-state index is 11.9. The fourth-order valence-corrected chi connectivity index (χ4v) is 1.52.